The number of aromatic nitrogens is 4. The molecule has 0 amide bonds. The van der Waals surface area contributed by atoms with Gasteiger partial charge in [-0.05, 0) is 37.3 Å². The molecule has 1 aliphatic carbocycles. The number of hydrogen-bond acceptors (Lipinski definition) is 5. The number of anilines is 1. The van der Waals surface area contributed by atoms with Gasteiger partial charge in [-0.15, -0.1) is 0 Å². The summed E-state index contributed by atoms with van der Waals surface area (Å²) in [5.74, 6) is 0.853. The fourth-order valence-electron chi connectivity index (χ4n) is 3.39. The number of H-pyrrole nitrogens is 1. The van der Waals surface area contributed by atoms with Crippen molar-refractivity contribution >= 4 is 5.95 Å². The Morgan fingerprint density at radius 3 is 2.64 bits per heavy atom. The molecule has 0 atom stereocenters. The van der Waals surface area contributed by atoms with Crippen LogP contribution in [0.15, 0.2) is 12.4 Å². The molecular formula is C16H22N6. The minimum absolute atomic E-state index is 0.853. The van der Waals surface area contributed by atoms with E-state index >= 15 is 0 Å². The van der Waals surface area contributed by atoms with Gasteiger partial charge in [0, 0.05) is 50.8 Å². The van der Waals surface area contributed by atoms with Crippen LogP contribution >= 0.6 is 0 Å². The van der Waals surface area contributed by atoms with Gasteiger partial charge in [-0.2, -0.15) is 5.10 Å². The standard InChI is InChI=1S/C16H22N6/c1-12-9-17-16(18-10-12)22-7-5-21(6-8-22)11-15-13-3-2-4-14(13)19-20-15/h9-10H,2-8,11H2,1H3,(H,19,20). The average molecular weight is 298 g/mol. The molecule has 1 fully saturated rings. The van der Waals surface area contributed by atoms with E-state index in [2.05, 4.69) is 30.0 Å². The van der Waals surface area contributed by atoms with Crippen molar-refractivity contribution in [1.29, 1.82) is 0 Å². The predicted molar refractivity (Wildman–Crippen MR) is 84.9 cm³/mol. The fraction of sp³-hybridized carbons (Fsp3) is 0.562. The Bertz CT molecular complexity index is 639. The smallest absolute Gasteiger partial charge is 0.225 e. The van der Waals surface area contributed by atoms with E-state index in [1.807, 2.05) is 19.3 Å². The molecule has 0 spiro atoms. The molecule has 1 aliphatic heterocycles. The minimum Gasteiger partial charge on any atom is -0.338 e. The van der Waals surface area contributed by atoms with Gasteiger partial charge in [-0.1, -0.05) is 0 Å². The zero-order valence-electron chi connectivity index (χ0n) is 13.0. The predicted octanol–water partition coefficient (Wildman–Crippen LogP) is 1.32. The van der Waals surface area contributed by atoms with Crippen molar-refractivity contribution in [3.63, 3.8) is 0 Å². The van der Waals surface area contributed by atoms with Gasteiger partial charge >= 0.3 is 0 Å². The van der Waals surface area contributed by atoms with Gasteiger partial charge in [0.1, 0.15) is 0 Å². The highest BCUT2D eigenvalue weighted by atomic mass is 15.3. The number of aryl methyl sites for hydroxylation is 2. The summed E-state index contributed by atoms with van der Waals surface area (Å²) < 4.78 is 0. The number of hydrogen-bond donors (Lipinski definition) is 1. The quantitative estimate of drug-likeness (QED) is 0.926. The number of nitrogens with one attached hydrogen (secondary N) is 1. The van der Waals surface area contributed by atoms with E-state index < -0.39 is 0 Å². The lowest BCUT2D eigenvalue weighted by molar-refractivity contribution is 0.245. The van der Waals surface area contributed by atoms with Gasteiger partial charge in [0.05, 0.1) is 5.69 Å². The van der Waals surface area contributed by atoms with E-state index in [-0.39, 0.29) is 0 Å². The number of piperazine rings is 1. The van der Waals surface area contributed by atoms with Gasteiger partial charge in [-0.25, -0.2) is 9.97 Å². The molecular weight excluding hydrogens is 276 g/mol. The first kappa shape index (κ1) is 13.7. The zero-order chi connectivity index (χ0) is 14.9. The van der Waals surface area contributed by atoms with Crippen LogP contribution in [0.25, 0.3) is 0 Å². The van der Waals surface area contributed by atoms with Crippen LogP contribution in [0.2, 0.25) is 0 Å². The molecule has 6 heteroatoms. The van der Waals surface area contributed by atoms with Crippen molar-refractivity contribution < 1.29 is 0 Å². The molecule has 0 saturated carbocycles. The van der Waals surface area contributed by atoms with Crippen molar-refractivity contribution in [3.05, 3.63) is 34.9 Å². The molecule has 6 nitrogen and oxygen atoms in total. The van der Waals surface area contributed by atoms with Crippen LogP contribution in [0.1, 0.15) is 28.9 Å². The van der Waals surface area contributed by atoms with Crippen LogP contribution in [0.4, 0.5) is 5.95 Å². The third kappa shape index (κ3) is 2.59. The van der Waals surface area contributed by atoms with Crippen molar-refractivity contribution in [1.82, 2.24) is 25.1 Å². The Balaban J connectivity index is 1.36. The first-order valence-corrected chi connectivity index (χ1v) is 8.10. The number of fused-ring (bicyclic) bond motifs is 1. The van der Waals surface area contributed by atoms with E-state index in [0.29, 0.717) is 0 Å². The van der Waals surface area contributed by atoms with Gasteiger partial charge < -0.3 is 4.90 Å². The first-order valence-electron chi connectivity index (χ1n) is 8.10. The molecule has 2 aromatic heterocycles. The van der Waals surface area contributed by atoms with Crippen molar-refractivity contribution in [2.45, 2.75) is 32.7 Å². The lowest BCUT2D eigenvalue weighted by Gasteiger charge is -2.34. The summed E-state index contributed by atoms with van der Waals surface area (Å²) in [6.45, 7) is 7.03. The monoisotopic (exact) mass is 298 g/mol. The lowest BCUT2D eigenvalue weighted by Crippen LogP contribution is -2.46. The van der Waals surface area contributed by atoms with Gasteiger partial charge in [0.25, 0.3) is 0 Å². The maximum absolute atomic E-state index is 4.51. The van der Waals surface area contributed by atoms with E-state index in [0.717, 1.165) is 44.2 Å². The topological polar surface area (TPSA) is 60.9 Å². The molecule has 4 rings (SSSR count). The van der Waals surface area contributed by atoms with Gasteiger partial charge in [0.2, 0.25) is 5.95 Å². The minimum atomic E-state index is 0.853. The van der Waals surface area contributed by atoms with E-state index in [1.165, 1.54) is 36.2 Å². The van der Waals surface area contributed by atoms with Gasteiger partial charge in [-0.3, -0.25) is 10.00 Å². The molecule has 0 bridgehead atoms. The van der Waals surface area contributed by atoms with Crippen LogP contribution in [0.3, 0.4) is 0 Å². The molecule has 0 radical (unpaired) electrons. The second-order valence-corrected chi connectivity index (χ2v) is 6.30. The number of nitrogens with zero attached hydrogens (tertiary/aromatic N) is 5. The molecule has 2 aromatic rings. The highest BCUT2D eigenvalue weighted by molar-refractivity contribution is 5.31. The molecule has 1 N–H and O–H groups in total. The molecule has 0 aromatic carbocycles. The summed E-state index contributed by atoms with van der Waals surface area (Å²) in [5.41, 5.74) is 5.20. The van der Waals surface area contributed by atoms with Crippen LogP contribution in [0, 0.1) is 6.92 Å². The third-order valence-electron chi connectivity index (χ3n) is 4.69. The van der Waals surface area contributed by atoms with Crippen molar-refractivity contribution in [3.8, 4) is 0 Å². The summed E-state index contributed by atoms with van der Waals surface area (Å²) in [4.78, 5) is 13.6. The van der Waals surface area contributed by atoms with Crippen LogP contribution < -0.4 is 4.90 Å². The third-order valence-corrected chi connectivity index (χ3v) is 4.69. The van der Waals surface area contributed by atoms with Crippen molar-refractivity contribution in [2.24, 2.45) is 0 Å². The Labute approximate surface area is 130 Å². The molecule has 22 heavy (non-hydrogen) atoms. The highest BCUT2D eigenvalue weighted by Crippen LogP contribution is 2.24. The largest absolute Gasteiger partial charge is 0.338 e. The summed E-state index contributed by atoms with van der Waals surface area (Å²) in [6, 6.07) is 0. The van der Waals surface area contributed by atoms with Gasteiger partial charge in [0.15, 0.2) is 0 Å². The van der Waals surface area contributed by atoms with E-state index in [1.54, 1.807) is 0 Å². The Hall–Kier alpha value is -1.95. The first-order chi connectivity index (χ1) is 10.8. The number of aromatic amines is 1. The molecule has 3 heterocycles. The average Bonchev–Trinajstić information content (AvgIpc) is 3.14. The van der Waals surface area contributed by atoms with E-state index in [9.17, 15) is 0 Å². The fourth-order valence-corrected chi connectivity index (χ4v) is 3.39. The Kier molecular flexibility index (Phi) is 3.54. The van der Waals surface area contributed by atoms with Crippen LogP contribution in [-0.2, 0) is 19.4 Å². The molecule has 2 aliphatic rings. The van der Waals surface area contributed by atoms with Crippen LogP contribution in [0.5, 0.6) is 0 Å². The summed E-state index contributed by atoms with van der Waals surface area (Å²) in [5, 5.41) is 7.72. The maximum atomic E-state index is 4.51. The second-order valence-electron chi connectivity index (χ2n) is 6.30. The molecule has 116 valence electrons. The SMILES string of the molecule is Cc1cnc(N2CCN(Cc3n[nH]c4c3CCC4)CC2)nc1. The lowest BCUT2D eigenvalue weighted by atomic mass is 10.2. The molecule has 0 unspecified atom stereocenters. The summed E-state index contributed by atoms with van der Waals surface area (Å²) in [7, 11) is 0. The van der Waals surface area contributed by atoms with E-state index in [4.69, 9.17) is 0 Å². The normalized spacial score (nSPS) is 18.7. The summed E-state index contributed by atoms with van der Waals surface area (Å²) >= 11 is 0. The second kappa shape index (κ2) is 5.68. The number of rotatable bonds is 3. The summed E-state index contributed by atoms with van der Waals surface area (Å²) in [6.07, 6.45) is 7.41. The van der Waals surface area contributed by atoms with Crippen molar-refractivity contribution in [2.75, 3.05) is 31.1 Å². The highest BCUT2D eigenvalue weighted by Gasteiger charge is 2.23. The Morgan fingerprint density at radius 2 is 1.86 bits per heavy atom. The Morgan fingerprint density at radius 1 is 1.09 bits per heavy atom. The maximum Gasteiger partial charge on any atom is 0.225 e. The van der Waals surface area contributed by atoms with Crippen LogP contribution in [-0.4, -0.2) is 51.2 Å². The zero-order valence-corrected chi connectivity index (χ0v) is 13.0. The molecule has 1 saturated heterocycles.